The molecule has 14 heteroatoms. The molecule has 0 bridgehead atoms. The van der Waals surface area contributed by atoms with Gasteiger partial charge in [0.1, 0.15) is 17.1 Å². The number of methoxy groups -OCH3 is 1. The Balaban J connectivity index is 1.15. The molecule has 3 aliphatic rings. The number of likely N-dealkylation sites (N-methyl/N-ethyl adjacent to an activating group) is 1. The third kappa shape index (κ3) is 7.77. The highest BCUT2D eigenvalue weighted by molar-refractivity contribution is 7.92. The maximum absolute atomic E-state index is 12.3. The fraction of sp³-hybridized carbons (Fsp3) is 0.444. The zero-order chi connectivity index (χ0) is 34.8. The van der Waals surface area contributed by atoms with Gasteiger partial charge in [0.2, 0.25) is 16.0 Å². The van der Waals surface area contributed by atoms with Gasteiger partial charge in [-0.05, 0) is 68.8 Å². The summed E-state index contributed by atoms with van der Waals surface area (Å²) in [5, 5.41) is 6.70. The van der Waals surface area contributed by atoms with Crippen LogP contribution in [-0.2, 0) is 16.4 Å². The van der Waals surface area contributed by atoms with Gasteiger partial charge in [-0.2, -0.15) is 4.98 Å². The lowest BCUT2D eigenvalue weighted by Gasteiger charge is -2.43. The highest BCUT2D eigenvalue weighted by Gasteiger charge is 2.30. The summed E-state index contributed by atoms with van der Waals surface area (Å²) in [4.78, 5) is 25.8. The fourth-order valence-electron chi connectivity index (χ4n) is 7.01. The highest BCUT2D eigenvalue weighted by Crippen LogP contribution is 2.41. The number of piperazine rings is 1. The number of benzene rings is 2. The van der Waals surface area contributed by atoms with Gasteiger partial charge >= 0.3 is 0 Å². The maximum atomic E-state index is 12.3. The molecule has 2 saturated heterocycles. The Bertz CT molecular complexity index is 1970. The number of rotatable bonds is 12. The van der Waals surface area contributed by atoms with Gasteiger partial charge in [-0.25, -0.2) is 13.4 Å². The number of aromatic nitrogens is 4. The molecule has 2 aromatic carbocycles. The van der Waals surface area contributed by atoms with Gasteiger partial charge in [-0.1, -0.05) is 12.7 Å². The summed E-state index contributed by atoms with van der Waals surface area (Å²) < 4.78 is 33.2. The van der Waals surface area contributed by atoms with E-state index in [0.29, 0.717) is 46.0 Å². The number of nitrogens with zero attached hydrogens (tertiary/aromatic N) is 7. The minimum atomic E-state index is -3.63. The Morgan fingerprint density at radius 3 is 2.42 bits per heavy atom. The average molecular weight is 699 g/mol. The molecule has 4 heterocycles. The molecule has 7 rings (SSSR count). The standard InChI is InChI=1S/C36H46N10O3S/c1-5-25-23-39-36(42-35(25)40-29-9-8-28-33(38-13-12-37-28)34(29)43-50(4,47)48)41-30-21-26(20-24-6-7-24)31(22-32(30)49-3)46-14-10-27(11-15-46)45-18-16-44(2)17-19-45/h5,8-9,12-13,21-24,27,43H,1,6-7,10-11,14-20H2,2-4H3,(H2,39,40,41,42). The number of sulfonamides is 1. The van der Waals surface area contributed by atoms with Crippen LogP contribution in [0.1, 0.15) is 36.8 Å². The lowest BCUT2D eigenvalue weighted by Crippen LogP contribution is -2.52. The number of nitrogens with one attached hydrogen (secondary N) is 3. The molecule has 0 spiro atoms. The number of anilines is 6. The second-order valence-electron chi connectivity index (χ2n) is 13.6. The van der Waals surface area contributed by atoms with Crippen LogP contribution in [0.4, 0.5) is 34.5 Å². The SMILES string of the molecule is C=Cc1cnc(Nc2cc(CC3CC3)c(N3CCC(N4CCN(C)CC4)CC3)cc2OC)nc1Nc1ccc2nccnc2c1NS(C)(=O)=O. The molecule has 13 nitrogen and oxygen atoms in total. The molecular weight excluding hydrogens is 653 g/mol. The third-order valence-electron chi connectivity index (χ3n) is 9.93. The predicted octanol–water partition coefficient (Wildman–Crippen LogP) is 5.10. The van der Waals surface area contributed by atoms with E-state index < -0.39 is 10.0 Å². The lowest BCUT2D eigenvalue weighted by molar-refractivity contribution is 0.0982. The first-order chi connectivity index (χ1) is 24.2. The van der Waals surface area contributed by atoms with Crippen LogP contribution in [0, 0.1) is 5.92 Å². The van der Waals surface area contributed by atoms with E-state index in [9.17, 15) is 8.42 Å². The van der Waals surface area contributed by atoms with Crippen LogP contribution in [0.25, 0.3) is 17.1 Å². The van der Waals surface area contributed by atoms with Crippen molar-refractivity contribution in [1.29, 1.82) is 0 Å². The summed E-state index contributed by atoms with van der Waals surface area (Å²) in [6.07, 6.45) is 13.4. The van der Waals surface area contributed by atoms with E-state index in [2.05, 4.69) is 70.8 Å². The van der Waals surface area contributed by atoms with Gasteiger partial charge < -0.3 is 25.2 Å². The van der Waals surface area contributed by atoms with Crippen molar-refractivity contribution in [3.05, 3.63) is 60.6 Å². The summed E-state index contributed by atoms with van der Waals surface area (Å²) in [5.41, 5.74) is 5.68. The quantitative estimate of drug-likeness (QED) is 0.181. The Morgan fingerprint density at radius 1 is 0.960 bits per heavy atom. The molecule has 50 heavy (non-hydrogen) atoms. The van der Waals surface area contributed by atoms with Crippen LogP contribution < -0.4 is 25.0 Å². The Labute approximate surface area is 294 Å². The van der Waals surface area contributed by atoms with Crippen LogP contribution in [0.2, 0.25) is 0 Å². The van der Waals surface area contributed by atoms with Crippen LogP contribution in [-0.4, -0.2) is 104 Å². The van der Waals surface area contributed by atoms with Gasteiger partial charge in [0.05, 0.1) is 35.9 Å². The number of hydrogen-bond acceptors (Lipinski definition) is 12. The van der Waals surface area contributed by atoms with Crippen LogP contribution in [0.5, 0.6) is 5.75 Å². The van der Waals surface area contributed by atoms with E-state index in [0.717, 1.165) is 63.4 Å². The molecule has 0 radical (unpaired) electrons. The molecule has 0 amide bonds. The van der Waals surface area contributed by atoms with Gasteiger partial charge in [-0.3, -0.25) is 19.6 Å². The van der Waals surface area contributed by atoms with E-state index in [1.165, 1.54) is 43.1 Å². The van der Waals surface area contributed by atoms with Gasteiger partial charge in [-0.15, -0.1) is 0 Å². The number of hydrogen-bond donors (Lipinski definition) is 3. The van der Waals surface area contributed by atoms with Gasteiger partial charge in [0, 0.05) is 81.2 Å². The smallest absolute Gasteiger partial charge is 0.229 e. The Hall–Kier alpha value is -4.53. The first-order valence-electron chi connectivity index (χ1n) is 17.3. The van der Waals surface area contributed by atoms with Crippen molar-refractivity contribution in [2.24, 2.45) is 5.92 Å². The zero-order valence-electron chi connectivity index (χ0n) is 29.0. The predicted molar refractivity (Wildman–Crippen MR) is 200 cm³/mol. The van der Waals surface area contributed by atoms with Crippen LogP contribution >= 0.6 is 0 Å². The van der Waals surface area contributed by atoms with Crippen molar-refractivity contribution in [3.8, 4) is 5.75 Å². The minimum Gasteiger partial charge on any atom is -0.494 e. The van der Waals surface area contributed by atoms with E-state index in [-0.39, 0.29) is 5.69 Å². The second kappa shape index (κ2) is 14.4. The summed E-state index contributed by atoms with van der Waals surface area (Å²) in [5.74, 6) is 2.22. The van der Waals surface area contributed by atoms with Crippen molar-refractivity contribution in [2.75, 3.05) is 79.9 Å². The molecule has 0 unspecified atom stereocenters. The van der Waals surface area contributed by atoms with Crippen molar-refractivity contribution < 1.29 is 13.2 Å². The maximum Gasteiger partial charge on any atom is 0.229 e. The Kier molecular flexibility index (Phi) is 9.76. The molecule has 2 aromatic heterocycles. The topological polar surface area (TPSA) is 141 Å². The number of piperidine rings is 1. The molecule has 4 aromatic rings. The largest absolute Gasteiger partial charge is 0.494 e. The number of ether oxygens (including phenoxy) is 1. The van der Waals surface area contributed by atoms with Gasteiger partial charge in [0.25, 0.3) is 0 Å². The molecule has 1 saturated carbocycles. The summed E-state index contributed by atoms with van der Waals surface area (Å²) in [6, 6.07) is 8.54. The molecular formula is C36H46N10O3S. The van der Waals surface area contributed by atoms with E-state index in [4.69, 9.17) is 9.72 Å². The minimum absolute atomic E-state index is 0.274. The summed E-state index contributed by atoms with van der Waals surface area (Å²) >= 11 is 0. The van der Waals surface area contributed by atoms with Crippen molar-refractivity contribution in [3.63, 3.8) is 0 Å². The van der Waals surface area contributed by atoms with Crippen molar-refractivity contribution in [2.45, 2.75) is 38.1 Å². The van der Waals surface area contributed by atoms with E-state index in [1.807, 2.05) is 0 Å². The highest BCUT2D eigenvalue weighted by atomic mass is 32.2. The number of fused-ring (bicyclic) bond motifs is 1. The van der Waals surface area contributed by atoms with Crippen LogP contribution in [0.3, 0.4) is 0 Å². The molecule has 264 valence electrons. The molecule has 2 aliphatic heterocycles. The molecule has 3 N–H and O–H groups in total. The van der Waals surface area contributed by atoms with Gasteiger partial charge in [0.15, 0.2) is 0 Å². The Morgan fingerprint density at radius 2 is 1.72 bits per heavy atom. The lowest BCUT2D eigenvalue weighted by atomic mass is 9.98. The monoisotopic (exact) mass is 698 g/mol. The summed E-state index contributed by atoms with van der Waals surface area (Å²) in [7, 11) is 0.275. The van der Waals surface area contributed by atoms with Crippen molar-refractivity contribution >= 4 is 61.6 Å². The first-order valence-corrected chi connectivity index (χ1v) is 19.2. The molecule has 0 atom stereocenters. The first kappa shape index (κ1) is 33.9. The normalized spacial score (nSPS) is 17.9. The third-order valence-corrected chi connectivity index (χ3v) is 10.5. The van der Waals surface area contributed by atoms with E-state index >= 15 is 0 Å². The van der Waals surface area contributed by atoms with Crippen molar-refractivity contribution in [1.82, 2.24) is 29.7 Å². The van der Waals surface area contributed by atoms with E-state index in [1.54, 1.807) is 37.7 Å². The average Bonchev–Trinajstić information content (AvgIpc) is 3.94. The fourth-order valence-corrected chi connectivity index (χ4v) is 7.59. The zero-order valence-corrected chi connectivity index (χ0v) is 29.8. The molecule has 3 fully saturated rings. The summed E-state index contributed by atoms with van der Waals surface area (Å²) in [6.45, 7) is 10.6. The van der Waals surface area contributed by atoms with Crippen LogP contribution in [0.15, 0.2) is 49.4 Å². The molecule has 1 aliphatic carbocycles. The second-order valence-corrected chi connectivity index (χ2v) is 15.4.